The molecule has 0 radical (unpaired) electrons. The van der Waals surface area contributed by atoms with Gasteiger partial charge in [0, 0.05) is 33.7 Å². The molecule has 20 heavy (non-hydrogen) atoms. The highest BCUT2D eigenvalue weighted by Gasteiger charge is 2.13. The number of hydrogen-bond donors (Lipinski definition) is 1. The van der Waals surface area contributed by atoms with E-state index in [1.807, 2.05) is 24.3 Å². The number of benzene rings is 2. The van der Waals surface area contributed by atoms with Crippen molar-refractivity contribution in [3.63, 3.8) is 0 Å². The average Bonchev–Trinajstić information content (AvgIpc) is 2.38. The lowest BCUT2D eigenvalue weighted by atomic mass is 10.1. The fourth-order valence-corrected chi connectivity index (χ4v) is 2.72. The molecule has 0 saturated heterocycles. The molecule has 1 N–H and O–H groups in total. The maximum atomic E-state index is 11.0. The Hall–Kier alpha value is -1.24. The van der Waals surface area contributed by atoms with Crippen LogP contribution in [0.15, 0.2) is 51.4 Å². The second kappa shape index (κ2) is 6.97. The quantitative estimate of drug-likeness (QED) is 0.598. The minimum absolute atomic E-state index is 0.134. The second-order valence-electron chi connectivity index (χ2n) is 4.26. The molecular weight excluding hydrogens is 388 g/mol. The summed E-state index contributed by atoms with van der Waals surface area (Å²) in [4.78, 5) is 10.6. The second-order valence-corrected chi connectivity index (χ2v) is 6.09. The third kappa shape index (κ3) is 4.13. The maximum Gasteiger partial charge on any atom is 0.273 e. The van der Waals surface area contributed by atoms with Gasteiger partial charge in [0.25, 0.3) is 5.69 Å². The van der Waals surface area contributed by atoms with Gasteiger partial charge in [-0.3, -0.25) is 10.1 Å². The third-order valence-corrected chi connectivity index (χ3v) is 3.76. The summed E-state index contributed by atoms with van der Waals surface area (Å²) in [5.74, 6) is 0. The summed E-state index contributed by atoms with van der Waals surface area (Å²) in [6, 6.07) is 12.9. The van der Waals surface area contributed by atoms with E-state index in [-0.39, 0.29) is 10.6 Å². The molecule has 0 fully saturated rings. The van der Waals surface area contributed by atoms with Gasteiger partial charge in [-0.15, -0.1) is 0 Å². The minimum Gasteiger partial charge on any atom is -0.308 e. The predicted molar refractivity (Wildman–Crippen MR) is 85.5 cm³/mol. The zero-order chi connectivity index (χ0) is 14.5. The number of halogens is 2. The fourth-order valence-electron chi connectivity index (χ4n) is 1.86. The Bertz CT molecular complexity index is 632. The Morgan fingerprint density at radius 1 is 1.05 bits per heavy atom. The Morgan fingerprint density at radius 3 is 2.50 bits per heavy atom. The predicted octanol–water partition coefficient (Wildman–Crippen LogP) is 4.41. The summed E-state index contributed by atoms with van der Waals surface area (Å²) < 4.78 is 1.85. The first-order chi connectivity index (χ1) is 9.56. The number of nitrogens with one attached hydrogen (secondary N) is 1. The van der Waals surface area contributed by atoms with Crippen LogP contribution < -0.4 is 5.32 Å². The molecule has 0 aliphatic heterocycles. The lowest BCUT2D eigenvalue weighted by molar-refractivity contribution is -0.385. The van der Waals surface area contributed by atoms with Crippen LogP contribution in [0.4, 0.5) is 5.69 Å². The lowest BCUT2D eigenvalue weighted by Gasteiger charge is -2.07. The van der Waals surface area contributed by atoms with Crippen LogP contribution in [0.1, 0.15) is 11.1 Å². The van der Waals surface area contributed by atoms with E-state index in [0.717, 1.165) is 14.5 Å². The van der Waals surface area contributed by atoms with Crippen LogP contribution in [-0.4, -0.2) is 4.92 Å². The topological polar surface area (TPSA) is 55.2 Å². The standard InChI is InChI=1S/C14H12Br2N2O2/c15-12-3-1-2-10(6-12)8-17-9-11-7-13(16)4-5-14(11)18(19)20/h1-7,17H,8-9H2. The first-order valence-electron chi connectivity index (χ1n) is 5.94. The molecule has 0 saturated carbocycles. The monoisotopic (exact) mass is 398 g/mol. The molecule has 0 bridgehead atoms. The molecule has 2 rings (SSSR count). The molecular formula is C14H12Br2N2O2. The van der Waals surface area contributed by atoms with Crippen molar-refractivity contribution in [3.05, 3.63) is 72.7 Å². The smallest absolute Gasteiger partial charge is 0.273 e. The first kappa shape index (κ1) is 15.2. The lowest BCUT2D eigenvalue weighted by Crippen LogP contribution is -2.13. The van der Waals surface area contributed by atoms with Gasteiger partial charge in [-0.2, -0.15) is 0 Å². The molecule has 2 aromatic rings. The molecule has 0 atom stereocenters. The van der Waals surface area contributed by atoms with E-state index in [0.29, 0.717) is 18.7 Å². The zero-order valence-electron chi connectivity index (χ0n) is 10.5. The van der Waals surface area contributed by atoms with Crippen molar-refractivity contribution in [1.82, 2.24) is 5.32 Å². The molecule has 0 aliphatic rings. The molecule has 0 aliphatic carbocycles. The summed E-state index contributed by atoms with van der Waals surface area (Å²) in [5.41, 5.74) is 1.92. The molecule has 0 amide bonds. The number of nitro benzene ring substituents is 1. The summed E-state index contributed by atoms with van der Waals surface area (Å²) in [7, 11) is 0. The van der Waals surface area contributed by atoms with E-state index in [1.54, 1.807) is 12.1 Å². The average molecular weight is 400 g/mol. The normalized spacial score (nSPS) is 10.5. The van der Waals surface area contributed by atoms with Crippen molar-refractivity contribution in [2.45, 2.75) is 13.1 Å². The van der Waals surface area contributed by atoms with Gasteiger partial charge in [-0.05, 0) is 29.8 Å². The summed E-state index contributed by atoms with van der Waals surface area (Å²) in [6.45, 7) is 1.10. The van der Waals surface area contributed by atoms with Gasteiger partial charge >= 0.3 is 0 Å². The van der Waals surface area contributed by atoms with E-state index in [2.05, 4.69) is 37.2 Å². The maximum absolute atomic E-state index is 11.0. The van der Waals surface area contributed by atoms with Gasteiger partial charge in [0.15, 0.2) is 0 Å². The fraction of sp³-hybridized carbons (Fsp3) is 0.143. The number of rotatable bonds is 5. The number of nitrogens with zero attached hydrogens (tertiary/aromatic N) is 1. The number of hydrogen-bond acceptors (Lipinski definition) is 3. The van der Waals surface area contributed by atoms with Crippen molar-refractivity contribution in [3.8, 4) is 0 Å². The van der Waals surface area contributed by atoms with Crippen LogP contribution in [0.5, 0.6) is 0 Å². The molecule has 4 nitrogen and oxygen atoms in total. The van der Waals surface area contributed by atoms with Gasteiger partial charge in [0.1, 0.15) is 0 Å². The molecule has 104 valence electrons. The number of nitro groups is 1. The van der Waals surface area contributed by atoms with E-state index in [9.17, 15) is 10.1 Å². The highest BCUT2D eigenvalue weighted by molar-refractivity contribution is 9.10. The van der Waals surface area contributed by atoms with E-state index in [4.69, 9.17) is 0 Å². The molecule has 0 spiro atoms. The highest BCUT2D eigenvalue weighted by atomic mass is 79.9. The van der Waals surface area contributed by atoms with E-state index < -0.39 is 0 Å². The van der Waals surface area contributed by atoms with Gasteiger partial charge in [0.05, 0.1) is 4.92 Å². The molecule has 6 heteroatoms. The van der Waals surface area contributed by atoms with Crippen molar-refractivity contribution in [1.29, 1.82) is 0 Å². The minimum atomic E-state index is -0.359. The van der Waals surface area contributed by atoms with Crippen LogP contribution in [0.2, 0.25) is 0 Å². The van der Waals surface area contributed by atoms with Crippen LogP contribution in [0, 0.1) is 10.1 Å². The summed E-state index contributed by atoms with van der Waals surface area (Å²) >= 11 is 6.75. The summed E-state index contributed by atoms with van der Waals surface area (Å²) in [5, 5.41) is 14.2. The largest absolute Gasteiger partial charge is 0.308 e. The SMILES string of the molecule is O=[N+]([O-])c1ccc(Br)cc1CNCc1cccc(Br)c1. The first-order valence-corrected chi connectivity index (χ1v) is 7.53. The van der Waals surface area contributed by atoms with Gasteiger partial charge < -0.3 is 5.32 Å². The zero-order valence-corrected chi connectivity index (χ0v) is 13.6. The summed E-state index contributed by atoms with van der Waals surface area (Å²) in [6.07, 6.45) is 0. The van der Waals surface area contributed by atoms with Crippen molar-refractivity contribution >= 4 is 37.5 Å². The Morgan fingerprint density at radius 2 is 1.80 bits per heavy atom. The Labute approximate surface area is 133 Å². The van der Waals surface area contributed by atoms with Crippen molar-refractivity contribution in [2.24, 2.45) is 0 Å². The van der Waals surface area contributed by atoms with Gasteiger partial charge in [-0.25, -0.2) is 0 Å². The molecule has 0 unspecified atom stereocenters. The van der Waals surface area contributed by atoms with Gasteiger partial charge in [0.2, 0.25) is 0 Å². The Balaban J connectivity index is 2.04. The molecule has 0 aromatic heterocycles. The van der Waals surface area contributed by atoms with Crippen LogP contribution in [0.25, 0.3) is 0 Å². The third-order valence-electron chi connectivity index (χ3n) is 2.77. The molecule has 2 aromatic carbocycles. The Kier molecular flexibility index (Phi) is 5.28. The van der Waals surface area contributed by atoms with Crippen LogP contribution in [-0.2, 0) is 13.1 Å². The van der Waals surface area contributed by atoms with Crippen LogP contribution >= 0.6 is 31.9 Å². The van der Waals surface area contributed by atoms with Crippen molar-refractivity contribution < 1.29 is 4.92 Å². The van der Waals surface area contributed by atoms with E-state index >= 15 is 0 Å². The van der Waals surface area contributed by atoms with Crippen molar-refractivity contribution in [2.75, 3.05) is 0 Å². The van der Waals surface area contributed by atoms with Crippen LogP contribution in [0.3, 0.4) is 0 Å². The van der Waals surface area contributed by atoms with E-state index in [1.165, 1.54) is 6.07 Å². The molecule has 0 heterocycles. The highest BCUT2D eigenvalue weighted by Crippen LogP contribution is 2.23. The van der Waals surface area contributed by atoms with Gasteiger partial charge in [-0.1, -0.05) is 44.0 Å².